The van der Waals surface area contributed by atoms with Gasteiger partial charge in [0.15, 0.2) is 0 Å². The monoisotopic (exact) mass is 427 g/mol. The number of nitrogens with one attached hydrogen (secondary N) is 3. The molecule has 1 fully saturated rings. The van der Waals surface area contributed by atoms with Crippen molar-refractivity contribution in [1.29, 1.82) is 10.8 Å². The van der Waals surface area contributed by atoms with Gasteiger partial charge in [0.1, 0.15) is 16.4 Å². The summed E-state index contributed by atoms with van der Waals surface area (Å²) < 4.78 is 27.8. The third kappa shape index (κ3) is 3.97. The van der Waals surface area contributed by atoms with E-state index in [2.05, 4.69) is 10.3 Å². The van der Waals surface area contributed by atoms with Crippen molar-refractivity contribution in [1.82, 2.24) is 9.38 Å². The number of benzene rings is 1. The maximum absolute atomic E-state index is 13.0. The van der Waals surface area contributed by atoms with Crippen molar-refractivity contribution in [2.24, 2.45) is 5.92 Å². The van der Waals surface area contributed by atoms with Crippen LogP contribution in [0.2, 0.25) is 0 Å². The van der Waals surface area contributed by atoms with E-state index in [1.54, 1.807) is 34.9 Å². The van der Waals surface area contributed by atoms with Crippen LogP contribution in [0.15, 0.2) is 48.8 Å². The molecule has 0 radical (unpaired) electrons. The lowest BCUT2D eigenvalue weighted by molar-refractivity contribution is -0.0903. The standard InChI is InChI=1S/C21H19F2N5OS/c1-12-5-6-13(18(24)30-19(25)14-9-21(22,23)10-14)8-15(12)27-20(29)16-11-26-17-4-2-3-7-28(16)17/h2-8,11,14,24-25H,9-10H2,1H3,(H,27,29). The Morgan fingerprint density at radius 3 is 2.77 bits per heavy atom. The van der Waals surface area contributed by atoms with E-state index >= 15 is 0 Å². The minimum atomic E-state index is -2.70. The molecule has 3 N–H and O–H groups in total. The normalized spacial score (nSPS) is 15.6. The molecule has 1 aromatic carbocycles. The Hall–Kier alpha value is -3.07. The van der Waals surface area contributed by atoms with Gasteiger partial charge < -0.3 is 5.32 Å². The van der Waals surface area contributed by atoms with Crippen LogP contribution in [-0.4, -0.2) is 31.3 Å². The number of imidazole rings is 1. The molecule has 0 saturated heterocycles. The molecule has 1 aliphatic rings. The fourth-order valence-corrected chi connectivity index (χ4v) is 4.08. The Bertz CT molecular complexity index is 1170. The van der Waals surface area contributed by atoms with Gasteiger partial charge in [0.05, 0.1) is 11.2 Å². The van der Waals surface area contributed by atoms with Crippen molar-refractivity contribution in [2.45, 2.75) is 25.7 Å². The molecule has 0 bridgehead atoms. The largest absolute Gasteiger partial charge is 0.320 e. The average Bonchev–Trinajstić information content (AvgIpc) is 3.11. The number of fused-ring (bicyclic) bond motifs is 1. The molecule has 2 heterocycles. The number of aromatic nitrogens is 2. The van der Waals surface area contributed by atoms with E-state index in [9.17, 15) is 13.6 Å². The van der Waals surface area contributed by atoms with Gasteiger partial charge in [0.25, 0.3) is 5.91 Å². The molecule has 6 nitrogen and oxygen atoms in total. The quantitative estimate of drug-likeness (QED) is 0.405. The highest BCUT2D eigenvalue weighted by atomic mass is 32.2. The van der Waals surface area contributed by atoms with E-state index in [0.717, 1.165) is 17.3 Å². The summed E-state index contributed by atoms with van der Waals surface area (Å²) in [5.41, 5.74) is 2.90. The molecule has 3 aromatic rings. The molecule has 0 unspecified atom stereocenters. The molecule has 30 heavy (non-hydrogen) atoms. The molecule has 1 saturated carbocycles. The van der Waals surface area contributed by atoms with E-state index < -0.39 is 11.8 Å². The Morgan fingerprint density at radius 2 is 2.03 bits per heavy atom. The molecule has 9 heteroatoms. The number of hydrogen-bond acceptors (Lipinski definition) is 5. The highest BCUT2D eigenvalue weighted by Gasteiger charge is 2.47. The van der Waals surface area contributed by atoms with Crippen LogP contribution in [0.5, 0.6) is 0 Å². The minimum Gasteiger partial charge on any atom is -0.320 e. The van der Waals surface area contributed by atoms with Crippen LogP contribution in [0.1, 0.15) is 34.5 Å². The summed E-state index contributed by atoms with van der Waals surface area (Å²) in [6.07, 6.45) is 2.58. The Morgan fingerprint density at radius 1 is 1.27 bits per heavy atom. The lowest BCUT2D eigenvalue weighted by Crippen LogP contribution is -2.39. The first-order valence-electron chi connectivity index (χ1n) is 9.31. The van der Waals surface area contributed by atoms with E-state index in [4.69, 9.17) is 10.8 Å². The molecular formula is C21H19F2N5OS. The predicted octanol–water partition coefficient (Wildman–Crippen LogP) is 4.98. The average molecular weight is 427 g/mol. The van der Waals surface area contributed by atoms with Gasteiger partial charge in [-0.05, 0) is 30.7 Å². The van der Waals surface area contributed by atoms with Crippen molar-refractivity contribution in [3.05, 3.63) is 65.6 Å². The number of carbonyl (C=O) groups excluding carboxylic acids is 1. The molecule has 4 rings (SSSR count). The number of alkyl halides is 2. The first-order valence-corrected chi connectivity index (χ1v) is 10.1. The van der Waals surface area contributed by atoms with Crippen molar-refractivity contribution >= 4 is 39.1 Å². The molecular weight excluding hydrogens is 408 g/mol. The van der Waals surface area contributed by atoms with Gasteiger partial charge in [-0.15, -0.1) is 0 Å². The first kappa shape index (κ1) is 20.2. The van der Waals surface area contributed by atoms with Gasteiger partial charge >= 0.3 is 0 Å². The molecule has 154 valence electrons. The molecule has 2 aromatic heterocycles. The maximum atomic E-state index is 13.0. The third-order valence-corrected chi connectivity index (χ3v) is 6.06. The smallest absolute Gasteiger partial charge is 0.274 e. The Labute approximate surface area is 175 Å². The number of pyridine rings is 1. The highest BCUT2D eigenvalue weighted by molar-refractivity contribution is 8.26. The SMILES string of the molecule is Cc1ccc(C(=N)SC(=N)C2CC(F)(F)C2)cc1NC(=O)c1cnc2ccccn12. The van der Waals surface area contributed by atoms with E-state index in [1.165, 1.54) is 6.20 Å². The zero-order chi connectivity index (χ0) is 21.5. The van der Waals surface area contributed by atoms with Crippen LogP contribution in [0, 0.1) is 23.7 Å². The molecule has 0 aliphatic heterocycles. The van der Waals surface area contributed by atoms with Crippen LogP contribution in [0.25, 0.3) is 5.65 Å². The fourth-order valence-electron chi connectivity index (χ4n) is 3.28. The third-order valence-electron chi connectivity index (χ3n) is 5.07. The lowest BCUT2D eigenvalue weighted by Gasteiger charge is -2.34. The van der Waals surface area contributed by atoms with E-state index in [0.29, 0.717) is 22.6 Å². The second kappa shape index (κ2) is 7.64. The molecule has 1 amide bonds. The lowest BCUT2D eigenvalue weighted by atomic mass is 9.82. The Balaban J connectivity index is 1.48. The van der Waals surface area contributed by atoms with Crippen LogP contribution in [-0.2, 0) is 0 Å². The zero-order valence-electron chi connectivity index (χ0n) is 16.1. The summed E-state index contributed by atoms with van der Waals surface area (Å²) in [5.74, 6) is -3.53. The van der Waals surface area contributed by atoms with Crippen LogP contribution in [0.4, 0.5) is 14.5 Å². The second-order valence-corrected chi connectivity index (χ2v) is 8.36. The number of thioether (sulfide) groups is 1. The number of aryl methyl sites for hydroxylation is 1. The number of hydrogen-bond donors (Lipinski definition) is 3. The number of halogens is 2. The number of nitrogens with zero attached hydrogens (tertiary/aromatic N) is 2. The summed E-state index contributed by atoms with van der Waals surface area (Å²) in [5, 5.41) is 19.3. The van der Waals surface area contributed by atoms with Gasteiger partial charge in [-0.2, -0.15) is 0 Å². The van der Waals surface area contributed by atoms with Crippen LogP contribution in [0.3, 0.4) is 0 Å². The van der Waals surface area contributed by atoms with Crippen LogP contribution < -0.4 is 5.32 Å². The minimum absolute atomic E-state index is 0.0721. The molecule has 0 spiro atoms. The molecule has 1 aliphatic carbocycles. The highest BCUT2D eigenvalue weighted by Crippen LogP contribution is 2.44. The predicted molar refractivity (Wildman–Crippen MR) is 114 cm³/mol. The first-order chi connectivity index (χ1) is 14.2. The van der Waals surface area contributed by atoms with Crippen molar-refractivity contribution in [3.63, 3.8) is 0 Å². The van der Waals surface area contributed by atoms with Crippen molar-refractivity contribution in [2.75, 3.05) is 5.32 Å². The number of rotatable bonds is 4. The van der Waals surface area contributed by atoms with Gasteiger partial charge in [0.2, 0.25) is 5.92 Å². The number of carbonyl (C=O) groups is 1. The summed E-state index contributed by atoms with van der Waals surface area (Å²) in [6.45, 7) is 1.84. The number of amides is 1. The van der Waals surface area contributed by atoms with Gasteiger partial charge in [-0.25, -0.2) is 13.8 Å². The van der Waals surface area contributed by atoms with Gasteiger partial charge in [-0.1, -0.05) is 30.0 Å². The topological polar surface area (TPSA) is 94.1 Å². The van der Waals surface area contributed by atoms with Crippen molar-refractivity contribution < 1.29 is 13.6 Å². The van der Waals surface area contributed by atoms with Crippen molar-refractivity contribution in [3.8, 4) is 0 Å². The van der Waals surface area contributed by atoms with Gasteiger partial charge in [-0.3, -0.25) is 20.0 Å². The van der Waals surface area contributed by atoms with Crippen LogP contribution >= 0.6 is 11.8 Å². The van der Waals surface area contributed by atoms with Gasteiger partial charge in [0, 0.05) is 36.2 Å². The van der Waals surface area contributed by atoms with E-state index in [-0.39, 0.29) is 28.8 Å². The summed E-state index contributed by atoms with van der Waals surface area (Å²) in [6, 6.07) is 10.6. The maximum Gasteiger partial charge on any atom is 0.274 e. The zero-order valence-corrected chi connectivity index (χ0v) is 16.9. The summed E-state index contributed by atoms with van der Waals surface area (Å²) in [4.78, 5) is 17.0. The second-order valence-electron chi connectivity index (χ2n) is 7.31. The molecule has 0 atom stereocenters. The number of anilines is 1. The summed E-state index contributed by atoms with van der Waals surface area (Å²) >= 11 is 0.877. The summed E-state index contributed by atoms with van der Waals surface area (Å²) in [7, 11) is 0. The fraction of sp³-hybridized carbons (Fsp3) is 0.238. The van der Waals surface area contributed by atoms with E-state index in [1.807, 2.05) is 19.1 Å². The Kier molecular flexibility index (Phi) is 5.15.